The van der Waals surface area contributed by atoms with E-state index in [0.29, 0.717) is 6.61 Å². The highest BCUT2D eigenvalue weighted by atomic mass is 16.5. The summed E-state index contributed by atoms with van der Waals surface area (Å²) in [6, 6.07) is 18.3. The summed E-state index contributed by atoms with van der Waals surface area (Å²) >= 11 is 0. The number of aliphatic hydroxyl groups excluding tert-OH is 1. The summed E-state index contributed by atoms with van der Waals surface area (Å²) in [6.45, 7) is 3.33. The van der Waals surface area contributed by atoms with Crippen LogP contribution in [0.15, 0.2) is 54.6 Å². The van der Waals surface area contributed by atoms with Crippen molar-refractivity contribution in [1.82, 2.24) is 4.90 Å². The highest BCUT2D eigenvalue weighted by molar-refractivity contribution is 5.29. The zero-order valence-corrected chi connectivity index (χ0v) is 12.8. The maximum Gasteiger partial charge on any atom is 0.119 e. The van der Waals surface area contributed by atoms with Gasteiger partial charge >= 0.3 is 0 Å². The average molecular weight is 297 g/mol. The number of rotatable bonds is 6. The Morgan fingerprint density at radius 2 is 1.73 bits per heavy atom. The number of benzene rings is 2. The summed E-state index contributed by atoms with van der Waals surface area (Å²) in [6.07, 6.45) is 1.43. The first-order valence-electron chi connectivity index (χ1n) is 7.96. The minimum Gasteiger partial charge on any atom is -0.491 e. The molecule has 1 unspecified atom stereocenters. The van der Waals surface area contributed by atoms with Crippen molar-refractivity contribution in [3.05, 3.63) is 65.7 Å². The van der Waals surface area contributed by atoms with E-state index in [0.717, 1.165) is 38.2 Å². The van der Waals surface area contributed by atoms with Crippen LogP contribution in [0.2, 0.25) is 0 Å². The first-order chi connectivity index (χ1) is 10.8. The lowest BCUT2D eigenvalue weighted by molar-refractivity contribution is 0.0856. The lowest BCUT2D eigenvalue weighted by atomic mass is 10.00. The van der Waals surface area contributed by atoms with E-state index in [1.165, 1.54) is 11.1 Å². The van der Waals surface area contributed by atoms with E-state index in [9.17, 15) is 5.11 Å². The highest BCUT2D eigenvalue weighted by Gasteiger charge is 2.16. The zero-order chi connectivity index (χ0) is 15.2. The van der Waals surface area contributed by atoms with Crippen LogP contribution in [0.5, 0.6) is 5.75 Å². The molecule has 116 valence electrons. The van der Waals surface area contributed by atoms with Crippen molar-refractivity contribution in [2.75, 3.05) is 19.7 Å². The summed E-state index contributed by atoms with van der Waals surface area (Å²) in [7, 11) is 0. The molecule has 2 aromatic carbocycles. The Hall–Kier alpha value is -1.84. The maximum absolute atomic E-state index is 10.1. The monoisotopic (exact) mass is 297 g/mol. The van der Waals surface area contributed by atoms with E-state index >= 15 is 0 Å². The third-order valence-electron chi connectivity index (χ3n) is 4.17. The molecular formula is C19H23NO2. The standard InChI is InChI=1S/C19H23NO2/c21-18(15-22-19-8-2-1-3-9-19)11-13-20-12-10-16-6-4-5-7-17(16)14-20/h1-9,18,21H,10-15H2. The Morgan fingerprint density at radius 1 is 1.00 bits per heavy atom. The number of hydrogen-bond acceptors (Lipinski definition) is 3. The van der Waals surface area contributed by atoms with Gasteiger partial charge in [-0.1, -0.05) is 42.5 Å². The number of para-hydroxylation sites is 1. The lowest BCUT2D eigenvalue weighted by Crippen LogP contribution is -2.33. The van der Waals surface area contributed by atoms with Gasteiger partial charge in [0.05, 0.1) is 6.10 Å². The van der Waals surface area contributed by atoms with Gasteiger partial charge in [0.2, 0.25) is 0 Å². The normalized spacial score (nSPS) is 16.0. The van der Waals surface area contributed by atoms with E-state index in [4.69, 9.17) is 4.74 Å². The Morgan fingerprint density at radius 3 is 2.55 bits per heavy atom. The summed E-state index contributed by atoms with van der Waals surface area (Å²) in [5, 5.41) is 10.1. The summed E-state index contributed by atoms with van der Waals surface area (Å²) < 4.78 is 5.60. The Kier molecular flexibility index (Phi) is 5.09. The van der Waals surface area contributed by atoms with Crippen molar-refractivity contribution in [3.8, 4) is 5.75 Å². The number of ether oxygens (including phenoxy) is 1. The molecule has 3 nitrogen and oxygen atoms in total. The molecule has 0 aliphatic carbocycles. The van der Waals surface area contributed by atoms with Crippen molar-refractivity contribution in [2.45, 2.75) is 25.5 Å². The van der Waals surface area contributed by atoms with Gasteiger partial charge < -0.3 is 9.84 Å². The molecule has 1 aliphatic rings. The minimum absolute atomic E-state index is 0.356. The fraction of sp³-hybridized carbons (Fsp3) is 0.368. The Bertz CT molecular complexity index is 585. The first kappa shape index (κ1) is 15.1. The second kappa shape index (κ2) is 7.43. The van der Waals surface area contributed by atoms with Gasteiger partial charge in [0.15, 0.2) is 0 Å². The van der Waals surface area contributed by atoms with Crippen molar-refractivity contribution in [1.29, 1.82) is 0 Å². The minimum atomic E-state index is -0.419. The lowest BCUT2D eigenvalue weighted by Gasteiger charge is -2.29. The topological polar surface area (TPSA) is 32.7 Å². The SMILES string of the molecule is OC(CCN1CCc2ccccc2C1)COc1ccccc1. The molecule has 0 spiro atoms. The van der Waals surface area contributed by atoms with Crippen LogP contribution in [0.3, 0.4) is 0 Å². The molecule has 1 atom stereocenters. The van der Waals surface area contributed by atoms with Crippen LogP contribution in [0.4, 0.5) is 0 Å². The molecule has 0 saturated carbocycles. The highest BCUT2D eigenvalue weighted by Crippen LogP contribution is 2.18. The van der Waals surface area contributed by atoms with Gasteiger partial charge in [-0.15, -0.1) is 0 Å². The van der Waals surface area contributed by atoms with Crippen LogP contribution in [-0.2, 0) is 13.0 Å². The predicted octanol–water partition coefficient (Wildman–Crippen LogP) is 2.87. The third-order valence-corrected chi connectivity index (χ3v) is 4.17. The van der Waals surface area contributed by atoms with Crippen LogP contribution in [-0.4, -0.2) is 35.8 Å². The number of aliphatic hydroxyl groups is 1. The molecule has 0 bridgehead atoms. The van der Waals surface area contributed by atoms with Crippen LogP contribution < -0.4 is 4.74 Å². The van der Waals surface area contributed by atoms with Crippen molar-refractivity contribution in [2.24, 2.45) is 0 Å². The van der Waals surface area contributed by atoms with Gasteiger partial charge in [0.1, 0.15) is 12.4 Å². The van der Waals surface area contributed by atoms with Crippen LogP contribution in [0.25, 0.3) is 0 Å². The number of hydrogen-bond donors (Lipinski definition) is 1. The van der Waals surface area contributed by atoms with Crippen LogP contribution >= 0.6 is 0 Å². The van der Waals surface area contributed by atoms with E-state index in [1.54, 1.807) is 0 Å². The maximum atomic E-state index is 10.1. The summed E-state index contributed by atoms with van der Waals surface area (Å²) in [5.74, 6) is 0.813. The average Bonchev–Trinajstić information content (AvgIpc) is 2.59. The number of fused-ring (bicyclic) bond motifs is 1. The summed E-state index contributed by atoms with van der Waals surface area (Å²) in [5.41, 5.74) is 2.88. The molecule has 0 fully saturated rings. The van der Waals surface area contributed by atoms with Crippen molar-refractivity contribution >= 4 is 0 Å². The van der Waals surface area contributed by atoms with E-state index in [1.807, 2.05) is 30.3 Å². The molecule has 1 heterocycles. The molecular weight excluding hydrogens is 274 g/mol. The third kappa shape index (κ3) is 4.09. The van der Waals surface area contributed by atoms with E-state index in [-0.39, 0.29) is 0 Å². The summed E-state index contributed by atoms with van der Waals surface area (Å²) in [4.78, 5) is 2.41. The first-order valence-corrected chi connectivity index (χ1v) is 7.96. The van der Waals surface area contributed by atoms with E-state index < -0.39 is 6.10 Å². The second-order valence-corrected chi connectivity index (χ2v) is 5.86. The van der Waals surface area contributed by atoms with E-state index in [2.05, 4.69) is 29.2 Å². The molecule has 0 saturated heterocycles. The largest absolute Gasteiger partial charge is 0.491 e. The molecule has 0 aromatic heterocycles. The Labute approximate surface area is 132 Å². The van der Waals surface area contributed by atoms with Gasteiger partial charge in [-0.25, -0.2) is 0 Å². The zero-order valence-electron chi connectivity index (χ0n) is 12.8. The molecule has 22 heavy (non-hydrogen) atoms. The fourth-order valence-electron chi connectivity index (χ4n) is 2.87. The van der Waals surface area contributed by atoms with Gasteiger partial charge in [0, 0.05) is 19.6 Å². The smallest absolute Gasteiger partial charge is 0.119 e. The second-order valence-electron chi connectivity index (χ2n) is 5.86. The Balaban J connectivity index is 1.41. The van der Waals surface area contributed by atoms with Gasteiger partial charge in [0.25, 0.3) is 0 Å². The fourth-order valence-corrected chi connectivity index (χ4v) is 2.87. The molecule has 0 radical (unpaired) electrons. The molecule has 3 heteroatoms. The van der Waals surface area contributed by atoms with Gasteiger partial charge in [-0.05, 0) is 36.1 Å². The molecule has 3 rings (SSSR count). The molecule has 0 amide bonds. The van der Waals surface area contributed by atoms with Crippen molar-refractivity contribution < 1.29 is 9.84 Å². The quantitative estimate of drug-likeness (QED) is 0.890. The molecule has 1 N–H and O–H groups in total. The van der Waals surface area contributed by atoms with Crippen LogP contribution in [0, 0.1) is 0 Å². The number of nitrogens with zero attached hydrogens (tertiary/aromatic N) is 1. The molecule has 1 aliphatic heterocycles. The van der Waals surface area contributed by atoms with Gasteiger partial charge in [-0.3, -0.25) is 4.90 Å². The van der Waals surface area contributed by atoms with Crippen molar-refractivity contribution in [3.63, 3.8) is 0 Å². The van der Waals surface area contributed by atoms with Crippen LogP contribution in [0.1, 0.15) is 17.5 Å². The van der Waals surface area contributed by atoms with Gasteiger partial charge in [-0.2, -0.15) is 0 Å². The predicted molar refractivity (Wildman–Crippen MR) is 88.0 cm³/mol. The molecule has 2 aromatic rings.